The molecule has 0 saturated carbocycles. The van der Waals surface area contributed by atoms with Crippen LogP contribution in [0.15, 0.2) is 36.4 Å². The van der Waals surface area contributed by atoms with Crippen LogP contribution in [0.4, 0.5) is 5.69 Å². The molecule has 1 N–H and O–H groups in total. The van der Waals surface area contributed by atoms with Crippen molar-refractivity contribution < 1.29 is 28.6 Å². The number of hydrogen-bond acceptors (Lipinski definition) is 7. The number of carbonyl (C=O) groups is 3. The first-order chi connectivity index (χ1) is 15.9. The van der Waals surface area contributed by atoms with Crippen molar-refractivity contribution >= 4 is 23.3 Å². The van der Waals surface area contributed by atoms with Gasteiger partial charge in [-0.3, -0.25) is 19.3 Å². The lowest BCUT2D eigenvalue weighted by Crippen LogP contribution is -2.50. The first-order valence-corrected chi connectivity index (χ1v) is 10.8. The van der Waals surface area contributed by atoms with E-state index in [1.54, 1.807) is 19.2 Å². The maximum atomic E-state index is 12.7. The number of rotatable bonds is 7. The molecular weight excluding hydrogens is 426 g/mol. The number of carbonyl (C=O) groups excluding carboxylic acids is 3. The topological polar surface area (TPSA) is 97.4 Å². The molecule has 2 heterocycles. The number of fused-ring (bicyclic) bond motifs is 1. The van der Waals surface area contributed by atoms with E-state index in [9.17, 15) is 14.4 Å². The summed E-state index contributed by atoms with van der Waals surface area (Å²) in [4.78, 5) is 41.1. The van der Waals surface area contributed by atoms with E-state index >= 15 is 0 Å². The van der Waals surface area contributed by atoms with Crippen molar-refractivity contribution in [2.75, 3.05) is 51.9 Å². The summed E-state index contributed by atoms with van der Waals surface area (Å²) in [5.74, 6) is 1.37. The molecule has 0 atom stereocenters. The number of nitrogens with zero attached hydrogens (tertiary/aromatic N) is 2. The lowest BCUT2D eigenvalue weighted by atomic mass is 10.1. The molecule has 0 radical (unpaired) electrons. The minimum atomic E-state index is -0.229. The van der Waals surface area contributed by atoms with Crippen molar-refractivity contribution in [3.05, 3.63) is 47.5 Å². The third-order valence-corrected chi connectivity index (χ3v) is 5.75. The summed E-state index contributed by atoms with van der Waals surface area (Å²) in [6.07, 6.45) is 0.315. The normalized spacial score (nSPS) is 15.3. The van der Waals surface area contributed by atoms with E-state index in [-0.39, 0.29) is 30.9 Å². The van der Waals surface area contributed by atoms with Gasteiger partial charge in [-0.1, -0.05) is 12.1 Å². The van der Waals surface area contributed by atoms with Crippen LogP contribution in [0.5, 0.6) is 17.2 Å². The Morgan fingerprint density at radius 2 is 1.76 bits per heavy atom. The predicted octanol–water partition coefficient (Wildman–Crippen LogP) is 1.95. The van der Waals surface area contributed by atoms with E-state index in [2.05, 4.69) is 5.32 Å². The number of hydrogen-bond donors (Lipinski definition) is 1. The van der Waals surface area contributed by atoms with Gasteiger partial charge in [-0.05, 0) is 30.7 Å². The van der Waals surface area contributed by atoms with Crippen LogP contribution in [0.2, 0.25) is 0 Å². The molecular formula is C24H27N3O6. The molecule has 174 valence electrons. The van der Waals surface area contributed by atoms with Gasteiger partial charge in [0.05, 0.1) is 25.8 Å². The smallest absolute Gasteiger partial charge is 0.238 e. The Hall–Kier alpha value is -3.59. The molecule has 0 aromatic heterocycles. The molecule has 4 rings (SSSR count). The Morgan fingerprint density at radius 3 is 2.45 bits per heavy atom. The van der Waals surface area contributed by atoms with Gasteiger partial charge < -0.3 is 24.4 Å². The summed E-state index contributed by atoms with van der Waals surface area (Å²) in [6, 6.07) is 10.7. The fourth-order valence-corrected chi connectivity index (χ4v) is 3.95. The van der Waals surface area contributed by atoms with Crippen molar-refractivity contribution in [3.63, 3.8) is 0 Å². The number of anilines is 1. The van der Waals surface area contributed by atoms with Crippen LogP contribution in [0.1, 0.15) is 22.8 Å². The Kier molecular flexibility index (Phi) is 6.79. The number of ketones is 1. The van der Waals surface area contributed by atoms with E-state index < -0.39 is 0 Å². The van der Waals surface area contributed by atoms with Gasteiger partial charge in [-0.15, -0.1) is 0 Å². The minimum Gasteiger partial charge on any atom is -0.497 e. The summed E-state index contributed by atoms with van der Waals surface area (Å²) in [6.45, 7) is 4.00. The Bertz CT molecular complexity index is 1060. The molecule has 9 heteroatoms. The summed E-state index contributed by atoms with van der Waals surface area (Å²) in [5, 5.41) is 2.82. The number of amides is 2. The van der Waals surface area contributed by atoms with Crippen LogP contribution in [0.3, 0.4) is 0 Å². The number of piperazine rings is 1. The van der Waals surface area contributed by atoms with Gasteiger partial charge in [0.2, 0.25) is 18.6 Å². The summed E-state index contributed by atoms with van der Waals surface area (Å²) < 4.78 is 15.9. The second-order valence-corrected chi connectivity index (χ2v) is 8.04. The molecule has 9 nitrogen and oxygen atoms in total. The highest BCUT2D eigenvalue weighted by Crippen LogP contribution is 2.37. The number of Topliss-reactive ketones (excluding diaryl/α,β-unsaturated/α-hetero) is 1. The lowest BCUT2D eigenvalue weighted by Gasteiger charge is -2.34. The first-order valence-electron chi connectivity index (χ1n) is 10.8. The van der Waals surface area contributed by atoms with Crippen LogP contribution < -0.4 is 19.5 Å². The standard InChI is InChI=1S/C24H27N3O6/c1-16(28)19-12-21-22(33-15-32-21)13-20(19)25-23(29)14-26-6-8-27(9-7-26)24(30)11-17-4-3-5-18(10-17)31-2/h3-5,10,12-13H,6-9,11,14-15H2,1-2H3,(H,25,29). The van der Waals surface area contributed by atoms with Crippen LogP contribution in [0.25, 0.3) is 0 Å². The predicted molar refractivity (Wildman–Crippen MR) is 121 cm³/mol. The van der Waals surface area contributed by atoms with Gasteiger partial charge in [-0.25, -0.2) is 0 Å². The van der Waals surface area contributed by atoms with Gasteiger partial charge in [0, 0.05) is 37.8 Å². The maximum Gasteiger partial charge on any atom is 0.238 e. The average Bonchev–Trinajstić information content (AvgIpc) is 3.26. The highest BCUT2D eigenvalue weighted by atomic mass is 16.7. The third kappa shape index (κ3) is 5.43. The fraction of sp³-hybridized carbons (Fsp3) is 0.375. The zero-order valence-corrected chi connectivity index (χ0v) is 18.8. The van der Waals surface area contributed by atoms with E-state index in [1.807, 2.05) is 34.1 Å². The molecule has 0 bridgehead atoms. The van der Waals surface area contributed by atoms with Crippen LogP contribution in [-0.4, -0.2) is 74.0 Å². The second kappa shape index (κ2) is 9.91. The largest absolute Gasteiger partial charge is 0.497 e. The zero-order chi connectivity index (χ0) is 23.4. The Balaban J connectivity index is 1.29. The van der Waals surface area contributed by atoms with E-state index in [0.717, 1.165) is 11.3 Å². The van der Waals surface area contributed by atoms with Crippen molar-refractivity contribution in [3.8, 4) is 17.2 Å². The second-order valence-electron chi connectivity index (χ2n) is 8.04. The molecule has 33 heavy (non-hydrogen) atoms. The van der Waals surface area contributed by atoms with E-state index in [1.165, 1.54) is 6.92 Å². The summed E-state index contributed by atoms with van der Waals surface area (Å²) >= 11 is 0. The maximum absolute atomic E-state index is 12.7. The molecule has 1 saturated heterocycles. The van der Waals surface area contributed by atoms with Crippen LogP contribution in [0, 0.1) is 0 Å². The third-order valence-electron chi connectivity index (χ3n) is 5.75. The highest BCUT2D eigenvalue weighted by Gasteiger charge is 2.24. The van der Waals surface area contributed by atoms with Gasteiger partial charge in [0.1, 0.15) is 5.75 Å². The summed E-state index contributed by atoms with van der Waals surface area (Å²) in [7, 11) is 1.60. The number of ether oxygens (including phenoxy) is 3. The van der Waals surface area contributed by atoms with Crippen molar-refractivity contribution in [1.29, 1.82) is 0 Å². The molecule has 2 aromatic rings. The molecule has 0 unspecified atom stereocenters. The molecule has 2 aromatic carbocycles. The fourth-order valence-electron chi connectivity index (χ4n) is 3.95. The van der Waals surface area contributed by atoms with Gasteiger partial charge >= 0.3 is 0 Å². The Labute approximate surface area is 192 Å². The molecule has 0 aliphatic carbocycles. The Morgan fingerprint density at radius 1 is 1.03 bits per heavy atom. The SMILES string of the molecule is COc1cccc(CC(=O)N2CCN(CC(=O)Nc3cc4c(cc3C(C)=O)OCO4)CC2)c1. The molecule has 2 aliphatic rings. The molecule has 2 amide bonds. The van der Waals surface area contributed by atoms with Crippen LogP contribution >= 0.6 is 0 Å². The van der Waals surface area contributed by atoms with E-state index in [0.29, 0.717) is 55.3 Å². The van der Waals surface area contributed by atoms with Gasteiger partial charge in [-0.2, -0.15) is 0 Å². The van der Waals surface area contributed by atoms with Crippen molar-refractivity contribution in [2.24, 2.45) is 0 Å². The zero-order valence-electron chi connectivity index (χ0n) is 18.8. The molecule has 2 aliphatic heterocycles. The quantitative estimate of drug-likeness (QED) is 0.640. The number of benzene rings is 2. The lowest BCUT2D eigenvalue weighted by molar-refractivity contribution is -0.132. The number of nitrogens with one attached hydrogen (secondary N) is 1. The highest BCUT2D eigenvalue weighted by molar-refractivity contribution is 6.05. The monoisotopic (exact) mass is 453 g/mol. The van der Waals surface area contributed by atoms with Gasteiger partial charge in [0.15, 0.2) is 17.3 Å². The summed E-state index contributed by atoms with van der Waals surface area (Å²) in [5.41, 5.74) is 1.69. The average molecular weight is 453 g/mol. The first kappa shape index (κ1) is 22.6. The van der Waals surface area contributed by atoms with Crippen LogP contribution in [-0.2, 0) is 16.0 Å². The van der Waals surface area contributed by atoms with E-state index in [4.69, 9.17) is 14.2 Å². The molecule has 1 fully saturated rings. The van der Waals surface area contributed by atoms with Crippen molar-refractivity contribution in [1.82, 2.24) is 9.80 Å². The molecule has 0 spiro atoms. The number of methoxy groups -OCH3 is 1. The van der Waals surface area contributed by atoms with Crippen molar-refractivity contribution in [2.45, 2.75) is 13.3 Å². The van der Waals surface area contributed by atoms with Gasteiger partial charge in [0.25, 0.3) is 0 Å². The minimum absolute atomic E-state index is 0.0545.